The van der Waals surface area contributed by atoms with Gasteiger partial charge in [-0.3, -0.25) is 14.9 Å². The molecule has 9 heteroatoms. The van der Waals surface area contributed by atoms with Crippen molar-refractivity contribution in [3.8, 4) is 0 Å². The molecule has 1 fully saturated rings. The number of halogens is 1. The highest BCUT2D eigenvalue weighted by Crippen LogP contribution is 2.29. The van der Waals surface area contributed by atoms with Gasteiger partial charge in [-0.15, -0.1) is 11.3 Å². The molecule has 0 radical (unpaired) electrons. The smallest absolute Gasteiger partial charge is 0.283 e. The van der Waals surface area contributed by atoms with Gasteiger partial charge in [0.1, 0.15) is 5.82 Å². The van der Waals surface area contributed by atoms with Gasteiger partial charge in [-0.2, -0.15) is 0 Å². The molecule has 0 atom stereocenters. The van der Waals surface area contributed by atoms with E-state index >= 15 is 0 Å². The van der Waals surface area contributed by atoms with Crippen molar-refractivity contribution in [3.63, 3.8) is 0 Å². The number of rotatable bonds is 3. The lowest BCUT2D eigenvalue weighted by molar-refractivity contribution is -0.385. The standard InChI is InChI=1S/C15H15BrN4O3S/c1-10-12(20(22)23)8-13(24-10)15(21)19-6-4-18(5-7-19)14-3-2-11(16)9-17-14/h2-3,8-9H,4-7H2,1H3. The van der Waals surface area contributed by atoms with Crippen LogP contribution >= 0.6 is 27.3 Å². The number of carbonyl (C=O) groups is 1. The maximum absolute atomic E-state index is 12.5. The van der Waals surface area contributed by atoms with Gasteiger partial charge >= 0.3 is 0 Å². The topological polar surface area (TPSA) is 79.6 Å². The van der Waals surface area contributed by atoms with E-state index in [0.29, 0.717) is 35.9 Å². The van der Waals surface area contributed by atoms with Crippen LogP contribution in [0.15, 0.2) is 28.9 Å². The summed E-state index contributed by atoms with van der Waals surface area (Å²) in [6, 6.07) is 5.26. The summed E-state index contributed by atoms with van der Waals surface area (Å²) in [5, 5.41) is 10.9. The fourth-order valence-corrected chi connectivity index (χ4v) is 3.80. The molecule has 2 aromatic rings. The second-order valence-corrected chi connectivity index (χ2v) is 7.60. The molecular formula is C15H15BrN4O3S. The molecule has 1 saturated heterocycles. The van der Waals surface area contributed by atoms with Crippen LogP contribution in [0.4, 0.5) is 11.5 Å². The highest BCUT2D eigenvalue weighted by molar-refractivity contribution is 9.10. The Hall–Kier alpha value is -2.00. The maximum Gasteiger partial charge on any atom is 0.283 e. The number of hydrogen-bond acceptors (Lipinski definition) is 6. The van der Waals surface area contributed by atoms with Crippen molar-refractivity contribution in [2.24, 2.45) is 0 Å². The lowest BCUT2D eigenvalue weighted by atomic mass is 10.2. The Bertz CT molecular complexity index is 770. The summed E-state index contributed by atoms with van der Waals surface area (Å²) < 4.78 is 0.926. The van der Waals surface area contributed by atoms with Crippen LogP contribution in [0.3, 0.4) is 0 Å². The van der Waals surface area contributed by atoms with Gasteiger partial charge in [-0.25, -0.2) is 4.98 Å². The molecule has 0 aromatic carbocycles. The number of piperazine rings is 1. The minimum atomic E-state index is -0.445. The third-order valence-electron chi connectivity index (χ3n) is 3.90. The summed E-state index contributed by atoms with van der Waals surface area (Å²) in [5.74, 6) is 0.743. The van der Waals surface area contributed by atoms with Crippen LogP contribution in [0.2, 0.25) is 0 Å². The number of aryl methyl sites for hydroxylation is 1. The molecule has 126 valence electrons. The fraction of sp³-hybridized carbons (Fsp3) is 0.333. The number of thiophene rings is 1. The van der Waals surface area contributed by atoms with Gasteiger partial charge < -0.3 is 9.80 Å². The average molecular weight is 411 g/mol. The van der Waals surface area contributed by atoms with E-state index < -0.39 is 4.92 Å². The Balaban J connectivity index is 1.66. The molecule has 3 rings (SSSR count). The molecular weight excluding hydrogens is 396 g/mol. The van der Waals surface area contributed by atoms with Gasteiger partial charge in [-0.1, -0.05) is 0 Å². The van der Waals surface area contributed by atoms with Crippen LogP contribution in [0.1, 0.15) is 14.5 Å². The van der Waals surface area contributed by atoms with Gasteiger partial charge in [0.2, 0.25) is 0 Å². The third-order valence-corrected chi connectivity index (χ3v) is 5.40. The summed E-state index contributed by atoms with van der Waals surface area (Å²) in [7, 11) is 0. The van der Waals surface area contributed by atoms with E-state index in [4.69, 9.17) is 0 Å². The molecule has 0 unspecified atom stereocenters. The van der Waals surface area contributed by atoms with E-state index in [1.165, 1.54) is 17.4 Å². The Kier molecular flexibility index (Phi) is 4.81. The molecule has 0 saturated carbocycles. The number of aromatic nitrogens is 1. The largest absolute Gasteiger partial charge is 0.353 e. The van der Waals surface area contributed by atoms with Crippen molar-refractivity contribution in [2.75, 3.05) is 31.1 Å². The van der Waals surface area contributed by atoms with Crippen molar-refractivity contribution in [3.05, 3.63) is 48.7 Å². The van der Waals surface area contributed by atoms with Crippen LogP contribution in [0.25, 0.3) is 0 Å². The monoisotopic (exact) mass is 410 g/mol. The first kappa shape index (κ1) is 16.8. The normalized spacial score (nSPS) is 14.8. The first-order chi connectivity index (χ1) is 11.5. The van der Waals surface area contributed by atoms with Gasteiger partial charge in [0.15, 0.2) is 0 Å². The van der Waals surface area contributed by atoms with Crippen LogP contribution in [0, 0.1) is 17.0 Å². The molecule has 3 heterocycles. The highest BCUT2D eigenvalue weighted by Gasteiger charge is 2.26. The number of carbonyl (C=O) groups excluding carboxylic acids is 1. The van der Waals surface area contributed by atoms with Crippen molar-refractivity contribution in [1.29, 1.82) is 0 Å². The van der Waals surface area contributed by atoms with E-state index in [1.807, 2.05) is 12.1 Å². The summed E-state index contributed by atoms with van der Waals surface area (Å²) >= 11 is 4.54. The molecule has 2 aromatic heterocycles. The molecule has 1 amide bonds. The maximum atomic E-state index is 12.5. The predicted molar refractivity (Wildman–Crippen MR) is 95.8 cm³/mol. The first-order valence-corrected chi connectivity index (χ1v) is 8.97. The van der Waals surface area contributed by atoms with E-state index in [0.717, 1.165) is 10.3 Å². The molecule has 1 aliphatic heterocycles. The number of anilines is 1. The summed E-state index contributed by atoms with van der Waals surface area (Å²) in [4.78, 5) is 32.2. The van der Waals surface area contributed by atoms with Gasteiger partial charge in [0.05, 0.1) is 14.7 Å². The first-order valence-electron chi connectivity index (χ1n) is 7.36. The fourth-order valence-electron chi connectivity index (χ4n) is 2.61. The third kappa shape index (κ3) is 3.41. The number of amides is 1. The molecule has 1 aliphatic rings. The van der Waals surface area contributed by atoms with Crippen molar-refractivity contribution in [1.82, 2.24) is 9.88 Å². The van der Waals surface area contributed by atoms with E-state index in [-0.39, 0.29) is 11.6 Å². The molecule has 0 spiro atoms. The van der Waals surface area contributed by atoms with Gasteiger partial charge in [0.25, 0.3) is 11.6 Å². The molecule has 0 N–H and O–H groups in total. The quantitative estimate of drug-likeness (QED) is 0.573. The van der Waals surface area contributed by atoms with Crippen molar-refractivity contribution < 1.29 is 9.72 Å². The zero-order chi connectivity index (χ0) is 17.3. The van der Waals surface area contributed by atoms with Gasteiger partial charge in [0, 0.05) is 42.9 Å². The van der Waals surface area contributed by atoms with Crippen LogP contribution in [0.5, 0.6) is 0 Å². The Morgan fingerprint density at radius 3 is 2.58 bits per heavy atom. The second-order valence-electron chi connectivity index (χ2n) is 5.42. The zero-order valence-corrected chi connectivity index (χ0v) is 15.3. The highest BCUT2D eigenvalue weighted by atomic mass is 79.9. The number of nitrogens with zero attached hydrogens (tertiary/aromatic N) is 4. The average Bonchev–Trinajstić information content (AvgIpc) is 2.97. The van der Waals surface area contributed by atoms with Crippen LogP contribution in [-0.4, -0.2) is 46.9 Å². The van der Waals surface area contributed by atoms with Crippen LogP contribution < -0.4 is 4.90 Å². The second kappa shape index (κ2) is 6.86. The zero-order valence-electron chi connectivity index (χ0n) is 12.9. The summed E-state index contributed by atoms with van der Waals surface area (Å²) in [5.41, 5.74) is 0.0149. The number of hydrogen-bond donors (Lipinski definition) is 0. The van der Waals surface area contributed by atoms with E-state index in [2.05, 4.69) is 25.8 Å². The summed E-state index contributed by atoms with van der Waals surface area (Å²) in [6.07, 6.45) is 1.75. The SMILES string of the molecule is Cc1sc(C(=O)N2CCN(c3ccc(Br)cn3)CC2)cc1[N+](=O)[O-]. The Morgan fingerprint density at radius 1 is 1.33 bits per heavy atom. The molecule has 24 heavy (non-hydrogen) atoms. The van der Waals surface area contributed by atoms with Gasteiger partial charge in [-0.05, 0) is 35.0 Å². The Morgan fingerprint density at radius 2 is 2.04 bits per heavy atom. The number of pyridine rings is 1. The molecule has 0 aliphatic carbocycles. The molecule has 0 bridgehead atoms. The minimum Gasteiger partial charge on any atom is -0.353 e. The van der Waals surface area contributed by atoms with E-state index in [1.54, 1.807) is 18.0 Å². The lowest BCUT2D eigenvalue weighted by Crippen LogP contribution is -2.48. The lowest BCUT2D eigenvalue weighted by Gasteiger charge is -2.35. The summed E-state index contributed by atoms with van der Waals surface area (Å²) in [6.45, 7) is 4.18. The Labute approximate surface area is 151 Å². The van der Waals surface area contributed by atoms with Crippen molar-refractivity contribution >= 4 is 44.7 Å². The van der Waals surface area contributed by atoms with Crippen molar-refractivity contribution in [2.45, 2.75) is 6.92 Å². The van der Waals surface area contributed by atoms with E-state index in [9.17, 15) is 14.9 Å². The number of nitro groups is 1. The minimum absolute atomic E-state index is 0.0149. The predicted octanol–water partition coefficient (Wildman–Crippen LogP) is 3.08. The van der Waals surface area contributed by atoms with Crippen LogP contribution in [-0.2, 0) is 0 Å². The molecule has 7 nitrogen and oxygen atoms in total.